The van der Waals surface area contributed by atoms with Crippen molar-refractivity contribution in [3.8, 4) is 22.4 Å². The summed E-state index contributed by atoms with van der Waals surface area (Å²) in [4.78, 5) is 24.5. The van der Waals surface area contributed by atoms with E-state index in [4.69, 9.17) is 41.9 Å². The van der Waals surface area contributed by atoms with Crippen molar-refractivity contribution in [2.45, 2.75) is 95.0 Å². The molecule has 0 saturated heterocycles. The summed E-state index contributed by atoms with van der Waals surface area (Å²) in [6.07, 6.45) is 6.83. The number of rotatable bonds is 17. The van der Waals surface area contributed by atoms with Gasteiger partial charge in [-0.1, -0.05) is 75.7 Å². The van der Waals surface area contributed by atoms with Gasteiger partial charge < -0.3 is 23.8 Å². The zero-order chi connectivity index (χ0) is 37.5. The van der Waals surface area contributed by atoms with Gasteiger partial charge in [-0.25, -0.2) is 4.98 Å². The van der Waals surface area contributed by atoms with E-state index in [1.807, 2.05) is 41.2 Å². The minimum Gasteiger partial charge on any atom is -0.469 e. The minimum absolute atomic E-state index is 0.0495. The van der Waals surface area contributed by atoms with Crippen LogP contribution in [0.3, 0.4) is 0 Å². The molecule has 13 heteroatoms. The number of hydrogen-bond acceptors (Lipinski definition) is 9. The van der Waals surface area contributed by atoms with Gasteiger partial charge in [0.2, 0.25) is 0 Å². The number of hydrogen-bond donors (Lipinski definition) is 0. The molecule has 278 valence electrons. The number of pyridine rings is 1. The molecule has 3 heterocycles. The number of carbonyl (C=O) groups is 1. The highest BCUT2D eigenvalue weighted by molar-refractivity contribution is 6.76. The molecule has 2 radical (unpaired) electrons. The molecule has 1 fully saturated rings. The van der Waals surface area contributed by atoms with Crippen LogP contribution in [-0.2, 0) is 23.7 Å². The molecular weight excluding hydrogens is 685 g/mol. The van der Waals surface area contributed by atoms with Gasteiger partial charge in [0.15, 0.2) is 5.65 Å². The van der Waals surface area contributed by atoms with Crippen molar-refractivity contribution in [1.82, 2.24) is 19.6 Å². The van der Waals surface area contributed by atoms with E-state index in [1.165, 1.54) is 7.11 Å². The van der Waals surface area contributed by atoms with Crippen molar-refractivity contribution >= 4 is 46.9 Å². The normalized spacial score (nSPS) is 18.1. The molecule has 5 rings (SSSR count). The molecule has 1 saturated carbocycles. The molecule has 0 bridgehead atoms. The number of aromatic nitrogens is 4. The topological polar surface area (TPSA) is 100 Å². The fourth-order valence-corrected chi connectivity index (χ4v) is 8.14. The molecule has 0 N–H and O–H groups in total. The van der Waals surface area contributed by atoms with Crippen molar-refractivity contribution in [1.29, 1.82) is 0 Å². The predicted octanol–water partition coefficient (Wildman–Crippen LogP) is 7.29. The van der Waals surface area contributed by atoms with Gasteiger partial charge in [-0.3, -0.25) is 9.78 Å². The first-order valence-corrected chi connectivity index (χ1v) is 25.9. The van der Waals surface area contributed by atoms with Crippen LogP contribution in [0.15, 0.2) is 54.9 Å². The van der Waals surface area contributed by atoms with Crippen LogP contribution in [-0.4, -0.2) is 96.0 Å². The molecule has 1 aliphatic carbocycles. The van der Waals surface area contributed by atoms with Crippen LogP contribution in [0, 0.1) is 0 Å². The summed E-state index contributed by atoms with van der Waals surface area (Å²) >= 11 is 0. The third-order valence-corrected chi connectivity index (χ3v) is 13.4. The number of carbonyl (C=O) groups excluding carboxylic acids is 1. The Morgan fingerprint density at radius 3 is 2.08 bits per heavy atom. The first-order chi connectivity index (χ1) is 24.7. The van der Waals surface area contributed by atoms with Crippen LogP contribution in [0.4, 0.5) is 5.82 Å². The summed E-state index contributed by atoms with van der Waals surface area (Å²) in [6.45, 7) is 16.0. The number of anilines is 1. The summed E-state index contributed by atoms with van der Waals surface area (Å²) in [7, 11) is 7.67. The largest absolute Gasteiger partial charge is 0.469 e. The van der Waals surface area contributed by atoms with Crippen molar-refractivity contribution in [2.75, 3.05) is 45.8 Å². The van der Waals surface area contributed by atoms with Gasteiger partial charge in [-0.15, -0.1) is 0 Å². The van der Waals surface area contributed by atoms with Crippen LogP contribution in [0.2, 0.25) is 51.4 Å². The Hall–Kier alpha value is -3.36. The second-order valence-electron chi connectivity index (χ2n) is 16.5. The molecule has 0 aliphatic heterocycles. The summed E-state index contributed by atoms with van der Waals surface area (Å²) in [5, 5.41) is 4.89. The lowest BCUT2D eigenvalue weighted by Gasteiger charge is -2.39. The average Bonchev–Trinajstić information content (AvgIpc) is 3.54. The first-order valence-electron chi connectivity index (χ1n) is 18.4. The van der Waals surface area contributed by atoms with Crippen molar-refractivity contribution < 1.29 is 23.7 Å². The van der Waals surface area contributed by atoms with Gasteiger partial charge in [-0.05, 0) is 49.3 Å². The molecule has 3 aromatic heterocycles. The third-order valence-electron chi connectivity index (χ3n) is 10.0. The Bertz CT molecular complexity index is 1750. The van der Waals surface area contributed by atoms with Gasteiger partial charge in [-0.2, -0.15) is 9.61 Å². The van der Waals surface area contributed by atoms with Crippen molar-refractivity contribution in [3.63, 3.8) is 0 Å². The molecule has 0 atom stereocenters. The van der Waals surface area contributed by atoms with Crippen molar-refractivity contribution in [3.05, 3.63) is 60.6 Å². The van der Waals surface area contributed by atoms with Crippen LogP contribution in [0.1, 0.15) is 43.7 Å². The van der Waals surface area contributed by atoms with E-state index < -0.39 is 21.7 Å². The smallest absolute Gasteiger partial charge is 0.308 e. The fourth-order valence-electron chi connectivity index (χ4n) is 6.63. The third kappa shape index (κ3) is 10.2. The maximum absolute atomic E-state index is 12.3. The lowest BCUT2D eigenvalue weighted by molar-refractivity contribution is -0.149. The van der Waals surface area contributed by atoms with E-state index in [-0.39, 0.29) is 18.3 Å². The number of esters is 1. The zero-order valence-corrected chi connectivity index (χ0v) is 34.4. The van der Waals surface area contributed by atoms with Crippen molar-refractivity contribution in [2.24, 2.45) is 0 Å². The van der Waals surface area contributed by atoms with E-state index in [0.717, 1.165) is 53.0 Å². The average molecular weight is 742 g/mol. The Morgan fingerprint density at radius 1 is 0.904 bits per heavy atom. The molecule has 52 heavy (non-hydrogen) atoms. The molecule has 1 aromatic carbocycles. The lowest BCUT2D eigenvalue weighted by Crippen LogP contribution is -2.41. The highest BCUT2D eigenvalue weighted by Gasteiger charge is 2.39. The van der Waals surface area contributed by atoms with E-state index in [0.29, 0.717) is 56.4 Å². The Labute approximate surface area is 313 Å². The number of methoxy groups -OCH3 is 2. The number of nitrogens with zero attached hydrogens (tertiary/aromatic N) is 5. The summed E-state index contributed by atoms with van der Waals surface area (Å²) < 4.78 is 25.5. The summed E-state index contributed by atoms with van der Waals surface area (Å²) in [5.74, 6) is 0.490. The molecule has 0 spiro atoms. The molecule has 4 aromatic rings. The maximum atomic E-state index is 12.3. The zero-order valence-electron chi connectivity index (χ0n) is 32.4. The van der Waals surface area contributed by atoms with Crippen LogP contribution < -0.4 is 10.4 Å². The first kappa shape index (κ1) is 39.8. The Kier molecular flexibility index (Phi) is 13.2. The molecule has 10 nitrogen and oxygen atoms in total. The van der Waals surface area contributed by atoms with E-state index in [1.54, 1.807) is 7.11 Å². The number of fused-ring (bicyclic) bond motifs is 1. The quantitative estimate of drug-likeness (QED) is 0.0478. The van der Waals surface area contributed by atoms with Gasteiger partial charge in [0.25, 0.3) is 0 Å². The predicted molar refractivity (Wildman–Crippen MR) is 215 cm³/mol. The highest BCUT2D eigenvalue weighted by atomic mass is 28.3. The van der Waals surface area contributed by atoms with E-state index in [2.05, 4.69) is 62.4 Å². The van der Waals surface area contributed by atoms with Crippen LogP contribution >= 0.6 is 0 Å². The summed E-state index contributed by atoms with van der Waals surface area (Å²) in [6, 6.07) is 16.3. The van der Waals surface area contributed by atoms with Crippen LogP contribution in [0.5, 0.6) is 0 Å². The minimum atomic E-state index is -1.30. The molecule has 0 amide bonds. The SMILES string of the molecule is [B]c1c(C2CCC(CC(=O)OC)(OC)CC2)nc2c(-c3ccc(-c4ccccc4)nc3)cnn2c1N(COCC[Si](C)(C)C)COCC[Si](C)(C)C. The second kappa shape index (κ2) is 17.2. The highest BCUT2D eigenvalue weighted by Crippen LogP contribution is 2.42. The lowest BCUT2D eigenvalue weighted by atomic mass is 9.73. The fraction of sp³-hybridized carbons (Fsp3) is 0.538. The van der Waals surface area contributed by atoms with E-state index >= 15 is 0 Å². The molecule has 1 aliphatic rings. The van der Waals surface area contributed by atoms with Gasteiger partial charge in [0, 0.05) is 71.0 Å². The summed E-state index contributed by atoms with van der Waals surface area (Å²) in [5.41, 5.74) is 5.22. The molecule has 0 unspecified atom stereocenters. The van der Waals surface area contributed by atoms with Gasteiger partial charge in [0.05, 0.1) is 31.0 Å². The van der Waals surface area contributed by atoms with Gasteiger partial charge in [0.1, 0.15) is 27.1 Å². The van der Waals surface area contributed by atoms with Gasteiger partial charge >= 0.3 is 5.97 Å². The number of benzene rings is 1. The monoisotopic (exact) mass is 741 g/mol. The Balaban J connectivity index is 1.55. The maximum Gasteiger partial charge on any atom is 0.308 e. The van der Waals surface area contributed by atoms with Crippen LogP contribution in [0.25, 0.3) is 28.0 Å². The number of ether oxygens (including phenoxy) is 4. The molecular formula is C39H56BN5O5Si2. The standard InChI is InChI=1S/C39H56BN5O5Si2/c1-47-34(46)24-39(48-2)18-16-30(17-19-39)36-35(40)38(44(27-49-20-22-51(3,4)5)28-50-21-23-52(6,7)8)45-37(43-36)32(26-42-45)31-14-15-33(41-25-31)29-12-10-9-11-13-29/h9-15,25-26,30H,16-24,27-28H2,1-8H3. The second-order valence-corrected chi connectivity index (χ2v) is 27.7. The Morgan fingerprint density at radius 2 is 1.54 bits per heavy atom. The van der Waals surface area contributed by atoms with E-state index in [9.17, 15) is 4.79 Å².